The molecular formula is C20H40Sn. The van der Waals surface area contributed by atoms with Crippen LogP contribution in [-0.2, 0) is 0 Å². The second-order valence-corrected chi connectivity index (χ2v) is 8.15. The molecule has 0 atom stereocenters. The molecule has 0 aromatic carbocycles. The Morgan fingerprint density at radius 1 is 0.762 bits per heavy atom. The van der Waals surface area contributed by atoms with Gasteiger partial charge >= 0.3 is 148 Å². The van der Waals surface area contributed by atoms with Crippen LogP contribution in [0.3, 0.4) is 0 Å². The van der Waals surface area contributed by atoms with E-state index in [-0.39, 0.29) is 0 Å². The number of hydrogen-bond donors (Lipinski definition) is 0. The van der Waals surface area contributed by atoms with Gasteiger partial charge in [-0.05, 0) is 0 Å². The van der Waals surface area contributed by atoms with Gasteiger partial charge in [0.15, 0.2) is 0 Å². The predicted octanol–water partition coefficient (Wildman–Crippen LogP) is 5.68. The summed E-state index contributed by atoms with van der Waals surface area (Å²) in [6.45, 7) is 9.32. The van der Waals surface area contributed by atoms with E-state index in [9.17, 15) is 0 Å². The molecule has 0 N–H and O–H groups in total. The van der Waals surface area contributed by atoms with Crippen molar-refractivity contribution < 1.29 is 0 Å². The summed E-state index contributed by atoms with van der Waals surface area (Å²) in [6, 6.07) is 0. The fourth-order valence-electron chi connectivity index (χ4n) is 3.59. The first kappa shape index (κ1) is 21.4. The van der Waals surface area contributed by atoms with Crippen LogP contribution in [0.25, 0.3) is 0 Å². The topological polar surface area (TPSA) is 0 Å². The zero-order valence-corrected chi connectivity index (χ0v) is 21.3. The van der Waals surface area contributed by atoms with E-state index in [2.05, 4.69) is 37.6 Å². The molecule has 0 amide bonds. The van der Waals surface area contributed by atoms with Crippen molar-refractivity contribution in [2.75, 3.05) is 0 Å². The molecule has 0 fully saturated rings. The molecular weight excluding hydrogens is 359 g/mol. The second-order valence-electron chi connectivity index (χ2n) is 6.72. The molecule has 1 heteroatoms. The molecule has 0 heterocycles. The molecule has 0 rings (SSSR count). The first-order valence-electron chi connectivity index (χ1n) is 9.64. The molecule has 0 aromatic rings. The molecule has 0 aromatic heterocycles. The Morgan fingerprint density at radius 2 is 1.19 bits per heavy atom. The third kappa shape index (κ3) is 8.53. The summed E-state index contributed by atoms with van der Waals surface area (Å²) in [5, 5.41) is 0. The normalized spacial score (nSPS) is 11.7. The molecule has 0 aliphatic rings. The monoisotopic (exact) mass is 400 g/mol. The maximum atomic E-state index is 3.83. The number of rotatable bonds is 13. The van der Waals surface area contributed by atoms with Gasteiger partial charge in [0.2, 0.25) is 0 Å². The fourth-order valence-corrected chi connectivity index (χ4v) is 5.01. The number of unbranched alkanes of at least 4 members (excludes halogenated alkanes) is 4. The summed E-state index contributed by atoms with van der Waals surface area (Å²) in [7, 11) is 0. The van der Waals surface area contributed by atoms with Crippen molar-refractivity contribution in [1.29, 1.82) is 0 Å². The van der Waals surface area contributed by atoms with Gasteiger partial charge in [-0.3, -0.25) is 0 Å². The molecule has 0 aliphatic carbocycles. The summed E-state index contributed by atoms with van der Waals surface area (Å²) in [5.74, 6) is 4.68. The maximum absolute atomic E-state index is 3.83. The average Bonchev–Trinajstić information content (AvgIpc) is 2.50. The van der Waals surface area contributed by atoms with E-state index >= 15 is 0 Å². The fraction of sp³-hybridized carbons (Fsp3) is 0.900. The Kier molecular flexibility index (Phi) is 14.2. The van der Waals surface area contributed by atoms with Gasteiger partial charge in [0.05, 0.1) is 0 Å². The van der Waals surface area contributed by atoms with Gasteiger partial charge in [-0.15, -0.1) is 0 Å². The Morgan fingerprint density at radius 3 is 1.52 bits per heavy atom. The van der Waals surface area contributed by atoms with Gasteiger partial charge in [0, 0.05) is 0 Å². The quantitative estimate of drug-likeness (QED) is 0.276. The summed E-state index contributed by atoms with van der Waals surface area (Å²) < 4.78 is 3.52. The van der Waals surface area contributed by atoms with Crippen LogP contribution in [0, 0.1) is 21.2 Å². The molecule has 0 saturated heterocycles. The van der Waals surface area contributed by atoms with E-state index in [0.29, 0.717) is 27.9 Å². The van der Waals surface area contributed by atoms with E-state index < -0.39 is 0 Å². The molecule has 124 valence electrons. The first-order chi connectivity index (χ1) is 10.2. The van der Waals surface area contributed by atoms with Crippen molar-refractivity contribution >= 4 is 22.5 Å². The zero-order chi connectivity index (χ0) is 16.0. The number of hydrogen-bond acceptors (Lipinski definition) is 0. The molecule has 0 radical (unpaired) electrons. The second kappa shape index (κ2) is 14.0. The van der Waals surface area contributed by atoms with Crippen molar-refractivity contribution in [2.45, 2.75) is 105 Å². The van der Waals surface area contributed by atoms with E-state index in [1.165, 1.54) is 77.0 Å². The molecule has 0 saturated carbocycles. The van der Waals surface area contributed by atoms with Crippen LogP contribution in [0.5, 0.6) is 0 Å². The Balaban J connectivity index is 5.19. The van der Waals surface area contributed by atoms with Crippen molar-refractivity contribution in [1.82, 2.24) is 0 Å². The van der Waals surface area contributed by atoms with Crippen LogP contribution < -0.4 is 0 Å². The van der Waals surface area contributed by atoms with Crippen LogP contribution in [0.2, 0.25) is 0 Å². The van der Waals surface area contributed by atoms with Crippen molar-refractivity contribution in [3.8, 4) is 9.86 Å². The summed E-state index contributed by atoms with van der Waals surface area (Å²) in [5.41, 5.74) is 0.363. The van der Waals surface area contributed by atoms with Gasteiger partial charge in [-0.25, -0.2) is 0 Å². The van der Waals surface area contributed by atoms with Gasteiger partial charge < -0.3 is 0 Å². The molecule has 0 aliphatic heterocycles. The van der Waals surface area contributed by atoms with E-state index in [4.69, 9.17) is 0 Å². The molecule has 0 spiro atoms. The summed E-state index contributed by atoms with van der Waals surface area (Å²) in [4.78, 5) is 0. The summed E-state index contributed by atoms with van der Waals surface area (Å²) in [6.07, 6.45) is 16.3. The minimum atomic E-state index is 0.363. The SMILES string of the molecule is CCCCC(CCCC)C(C#[C][SnH3])(CCCC)CCCC. The predicted molar refractivity (Wildman–Crippen MR) is 102 cm³/mol. The molecule has 21 heavy (non-hydrogen) atoms. The first-order valence-corrected chi connectivity index (χ1v) is 12.5. The van der Waals surface area contributed by atoms with Crippen LogP contribution in [0.15, 0.2) is 0 Å². The van der Waals surface area contributed by atoms with Crippen molar-refractivity contribution in [3.63, 3.8) is 0 Å². The van der Waals surface area contributed by atoms with Gasteiger partial charge in [0.25, 0.3) is 0 Å². The van der Waals surface area contributed by atoms with Gasteiger partial charge in [-0.1, -0.05) is 0 Å². The third-order valence-corrected chi connectivity index (χ3v) is 5.63. The molecule has 0 nitrogen and oxygen atoms in total. The Labute approximate surface area is 148 Å². The minimum absolute atomic E-state index is 0.363. The van der Waals surface area contributed by atoms with Crippen LogP contribution in [0.4, 0.5) is 0 Å². The average molecular weight is 399 g/mol. The van der Waals surface area contributed by atoms with Crippen molar-refractivity contribution in [3.05, 3.63) is 0 Å². The molecule has 0 unspecified atom stereocenters. The van der Waals surface area contributed by atoms with E-state index in [1.54, 1.807) is 0 Å². The van der Waals surface area contributed by atoms with Gasteiger partial charge in [-0.2, -0.15) is 0 Å². The summed E-state index contributed by atoms with van der Waals surface area (Å²) >= 11 is 0.513. The van der Waals surface area contributed by atoms with Crippen molar-refractivity contribution in [2.24, 2.45) is 11.3 Å². The molecule has 0 bridgehead atoms. The van der Waals surface area contributed by atoms with Crippen LogP contribution in [0.1, 0.15) is 105 Å². The Bertz CT molecular complexity index is 268. The Hall–Kier alpha value is 0.359. The third-order valence-electron chi connectivity index (χ3n) is 4.92. The van der Waals surface area contributed by atoms with E-state index in [0.717, 1.165) is 5.92 Å². The van der Waals surface area contributed by atoms with Crippen LogP contribution >= 0.6 is 0 Å². The van der Waals surface area contributed by atoms with E-state index in [1.807, 2.05) is 0 Å². The van der Waals surface area contributed by atoms with Crippen LogP contribution in [-0.4, -0.2) is 22.5 Å². The van der Waals surface area contributed by atoms with Gasteiger partial charge in [0.1, 0.15) is 0 Å². The zero-order valence-electron chi connectivity index (χ0n) is 15.6. The standard InChI is InChI=1S/C20H37.Sn.3H/c1-6-11-15-19(16-12-7-2)20(10-5,17-13-8-3)18-14-9-4;;;;/h19H,6-9,11-18H2,1-4H3;;;;.